The zero-order chi connectivity index (χ0) is 78.9. The van der Waals surface area contributed by atoms with Gasteiger partial charge in [0.25, 0.3) is 0 Å². The van der Waals surface area contributed by atoms with Crippen molar-refractivity contribution in [1.29, 1.82) is 0 Å². The van der Waals surface area contributed by atoms with Crippen LogP contribution in [0.3, 0.4) is 0 Å². The van der Waals surface area contributed by atoms with E-state index in [2.05, 4.69) is 234 Å². The minimum atomic E-state index is -5.02. The highest BCUT2D eigenvalue weighted by Gasteiger charge is 2.30. The fourth-order valence-corrected chi connectivity index (χ4v) is 11.1. The third-order valence-corrected chi connectivity index (χ3v) is 17.3. The zero-order valence-corrected chi connectivity index (χ0v) is 68.0. The summed E-state index contributed by atoms with van der Waals surface area (Å²) in [5.41, 5.74) is 0. The molecule has 17 nitrogen and oxygen atoms in total. The lowest BCUT2D eigenvalue weighted by Crippen LogP contribution is -2.30. The molecule has 0 rings (SSSR count). The molecule has 0 aliphatic rings. The summed E-state index contributed by atoms with van der Waals surface area (Å²) in [4.78, 5) is 73.1. The topological polar surface area (TPSA) is 237 Å². The Labute approximate surface area is 651 Å². The molecule has 108 heavy (non-hydrogen) atoms. The summed E-state index contributed by atoms with van der Waals surface area (Å²) in [6.45, 7) is 4.19. The van der Waals surface area contributed by atoms with Gasteiger partial charge in [-0.3, -0.25) is 37.3 Å². The number of phosphoric ester groups is 2. The molecule has 606 valence electrons. The number of hydrogen-bond donors (Lipinski definition) is 3. The van der Waals surface area contributed by atoms with Crippen molar-refractivity contribution in [3.05, 3.63) is 219 Å². The van der Waals surface area contributed by atoms with E-state index in [4.69, 9.17) is 37.0 Å². The Hall–Kier alpha value is -6.62. The standard InChI is InChI=1S/C89H138O17P2/c1-5-9-13-17-21-25-29-33-37-40-41-44-47-50-54-58-62-66-70-74-87(92)100-79-84(105-88(93)75-71-67-63-59-55-51-45-36-32-28-24-20-16-12-8-4)81-103-107(95,96)101-77-83(90)78-102-108(97,98)104-82-85(106-89(94)76-72-68-64-60-56-52-48-43-39-35-31-27-23-19-15-11-7-3)80-99-86(91)73-69-65-61-57-53-49-46-42-38-34-30-26-22-18-14-10-6-2/h9-16,21-28,33-39,41,44-46,48-50,52,54-55,57,59,61,83-85,90H,5-8,17-20,29-32,40,42-43,47,51,53,56,58,60,62-82H2,1-4H3,(H,95,96)(H,97,98)/b13-9-,14-10-,15-11-,16-12-,25-21-,26-22-,27-23-,28-24-,37-33-,38-34-,39-35-,44-41-,45-36-,49-46-,52-48-,54-50-,59-55-,61-57-. The van der Waals surface area contributed by atoms with E-state index in [0.717, 1.165) is 167 Å². The minimum absolute atomic E-state index is 0.0233. The molecule has 0 aromatic carbocycles. The quantitative estimate of drug-likeness (QED) is 0.0169. The average Bonchev–Trinajstić information content (AvgIpc) is 0.901. The molecular formula is C89H138O17P2. The van der Waals surface area contributed by atoms with Gasteiger partial charge in [0.15, 0.2) is 12.2 Å². The van der Waals surface area contributed by atoms with Crippen molar-refractivity contribution in [3.8, 4) is 0 Å². The van der Waals surface area contributed by atoms with Gasteiger partial charge in [-0.15, -0.1) is 0 Å². The minimum Gasteiger partial charge on any atom is -0.462 e. The van der Waals surface area contributed by atoms with E-state index in [1.165, 1.54) is 0 Å². The van der Waals surface area contributed by atoms with Gasteiger partial charge in [0.05, 0.1) is 26.4 Å². The molecule has 0 fully saturated rings. The van der Waals surface area contributed by atoms with Crippen LogP contribution < -0.4 is 0 Å². The van der Waals surface area contributed by atoms with Crippen LogP contribution in [0.4, 0.5) is 0 Å². The highest BCUT2D eigenvalue weighted by atomic mass is 31.2. The van der Waals surface area contributed by atoms with E-state index in [1.54, 1.807) is 0 Å². The number of aliphatic hydroxyl groups is 1. The van der Waals surface area contributed by atoms with Crippen molar-refractivity contribution >= 4 is 39.5 Å². The molecule has 0 aliphatic heterocycles. The van der Waals surface area contributed by atoms with E-state index in [0.29, 0.717) is 38.5 Å². The number of carbonyl (C=O) groups is 4. The third-order valence-electron chi connectivity index (χ3n) is 15.4. The van der Waals surface area contributed by atoms with Gasteiger partial charge in [0.2, 0.25) is 0 Å². The highest BCUT2D eigenvalue weighted by Crippen LogP contribution is 2.45. The normalized spacial score (nSPS) is 15.0. The maximum atomic E-state index is 13.1. The lowest BCUT2D eigenvalue weighted by molar-refractivity contribution is -0.161. The lowest BCUT2D eigenvalue weighted by Gasteiger charge is -2.21. The van der Waals surface area contributed by atoms with Crippen LogP contribution in [-0.2, 0) is 65.4 Å². The number of unbranched alkanes of at least 4 members (excludes halogenated alkanes) is 10. The molecule has 3 N–H and O–H groups in total. The Bertz CT molecular complexity index is 2910. The SMILES string of the molecule is CC/C=C\C/C=C\C/C=C\C/C=C\C/C=C\CCCCCC(=O)OCC(COP(=O)(O)OCC(O)COP(=O)(O)OCC(COC(=O)CCC/C=C\C/C=C\C/C=C\C/C=C\C/C=C\CC)OC(=O)CCCCCC/C=C\C/C=C\C/C=C\C/C=C\CC)OC(=O)CCCC/C=C\C/C=C\C/C=C\C/C=C\CC. The van der Waals surface area contributed by atoms with Crippen molar-refractivity contribution in [2.24, 2.45) is 0 Å². The molecule has 0 saturated carbocycles. The molecule has 0 amide bonds. The summed E-state index contributed by atoms with van der Waals surface area (Å²) in [6, 6.07) is 0. The summed E-state index contributed by atoms with van der Waals surface area (Å²) in [6.07, 6.45) is 99.3. The van der Waals surface area contributed by atoms with Crippen LogP contribution in [0, 0.1) is 0 Å². The van der Waals surface area contributed by atoms with Gasteiger partial charge in [-0.25, -0.2) is 9.13 Å². The molecule has 5 atom stereocenters. The van der Waals surface area contributed by atoms with Gasteiger partial charge in [-0.1, -0.05) is 266 Å². The van der Waals surface area contributed by atoms with Crippen molar-refractivity contribution < 1.29 is 80.2 Å². The van der Waals surface area contributed by atoms with E-state index in [-0.39, 0.29) is 25.7 Å². The third kappa shape index (κ3) is 77.5. The Balaban J connectivity index is 5.54. The Morgan fingerprint density at radius 3 is 0.750 bits per heavy atom. The van der Waals surface area contributed by atoms with Crippen molar-refractivity contribution in [2.45, 2.75) is 277 Å². The smallest absolute Gasteiger partial charge is 0.462 e. The maximum absolute atomic E-state index is 13.1. The summed E-state index contributed by atoms with van der Waals surface area (Å²) < 4.78 is 68.5. The molecule has 5 unspecified atom stereocenters. The van der Waals surface area contributed by atoms with Crippen LogP contribution in [0.1, 0.15) is 259 Å². The van der Waals surface area contributed by atoms with Crippen LogP contribution in [0.2, 0.25) is 0 Å². The largest absolute Gasteiger partial charge is 0.472 e. The molecule has 19 heteroatoms. The number of aliphatic hydroxyl groups excluding tert-OH is 1. The van der Waals surface area contributed by atoms with Crippen molar-refractivity contribution in [1.82, 2.24) is 0 Å². The van der Waals surface area contributed by atoms with Gasteiger partial charge in [-0.05, 0) is 186 Å². The second-order valence-electron chi connectivity index (χ2n) is 25.5. The molecular weight excluding hydrogens is 1400 g/mol. The second-order valence-corrected chi connectivity index (χ2v) is 28.4. The fourth-order valence-electron chi connectivity index (χ4n) is 9.50. The Kier molecular flexibility index (Phi) is 73.7. The van der Waals surface area contributed by atoms with E-state index < -0.39 is 97.5 Å². The first kappa shape index (κ1) is 101. The van der Waals surface area contributed by atoms with Crippen LogP contribution in [-0.4, -0.2) is 96.7 Å². The van der Waals surface area contributed by atoms with Crippen LogP contribution in [0.15, 0.2) is 219 Å². The zero-order valence-electron chi connectivity index (χ0n) is 66.2. The van der Waals surface area contributed by atoms with Gasteiger partial charge >= 0.3 is 39.5 Å². The predicted molar refractivity (Wildman–Crippen MR) is 445 cm³/mol. The first-order valence-electron chi connectivity index (χ1n) is 40.0. The number of ether oxygens (including phenoxy) is 4. The van der Waals surface area contributed by atoms with Crippen molar-refractivity contribution in [3.63, 3.8) is 0 Å². The number of phosphoric acid groups is 2. The summed E-state index contributed by atoms with van der Waals surface area (Å²) >= 11 is 0. The number of allylic oxidation sites excluding steroid dienone is 36. The Morgan fingerprint density at radius 2 is 0.463 bits per heavy atom. The predicted octanol–water partition coefficient (Wildman–Crippen LogP) is 23.7. The van der Waals surface area contributed by atoms with Crippen LogP contribution >= 0.6 is 15.6 Å². The van der Waals surface area contributed by atoms with E-state index in [1.807, 2.05) is 12.2 Å². The van der Waals surface area contributed by atoms with Crippen molar-refractivity contribution in [2.75, 3.05) is 39.6 Å². The second kappa shape index (κ2) is 78.5. The molecule has 0 radical (unpaired) electrons. The van der Waals surface area contributed by atoms with Crippen LogP contribution in [0.5, 0.6) is 0 Å². The highest BCUT2D eigenvalue weighted by molar-refractivity contribution is 7.47. The Morgan fingerprint density at radius 1 is 0.259 bits per heavy atom. The van der Waals surface area contributed by atoms with Gasteiger partial charge in [0.1, 0.15) is 19.3 Å². The number of esters is 4. The lowest BCUT2D eigenvalue weighted by atomic mass is 10.1. The fraction of sp³-hybridized carbons (Fsp3) is 0.551. The van der Waals surface area contributed by atoms with E-state index >= 15 is 0 Å². The van der Waals surface area contributed by atoms with Gasteiger partial charge in [0, 0.05) is 25.7 Å². The van der Waals surface area contributed by atoms with Gasteiger partial charge in [-0.2, -0.15) is 0 Å². The van der Waals surface area contributed by atoms with E-state index in [9.17, 15) is 43.2 Å². The number of hydrogen-bond acceptors (Lipinski definition) is 15. The molecule has 0 heterocycles. The van der Waals surface area contributed by atoms with Gasteiger partial charge < -0.3 is 33.8 Å². The summed E-state index contributed by atoms with van der Waals surface area (Å²) in [5.74, 6) is -2.38. The number of carbonyl (C=O) groups excluding carboxylic acids is 4. The monoisotopic (exact) mass is 1540 g/mol. The van der Waals surface area contributed by atoms with Crippen LogP contribution in [0.25, 0.3) is 0 Å². The molecule has 0 saturated heterocycles. The maximum Gasteiger partial charge on any atom is 0.472 e. The average molecular weight is 1540 g/mol. The molecule has 0 aromatic heterocycles. The first-order chi connectivity index (χ1) is 52.7. The molecule has 0 aromatic rings. The molecule has 0 spiro atoms. The molecule has 0 aliphatic carbocycles. The summed E-state index contributed by atoms with van der Waals surface area (Å²) in [5, 5.41) is 10.7. The summed E-state index contributed by atoms with van der Waals surface area (Å²) in [7, 11) is -10.0. The first-order valence-corrected chi connectivity index (χ1v) is 43.0. The number of rotatable bonds is 72. The molecule has 0 bridgehead atoms.